The second-order valence-electron chi connectivity index (χ2n) is 3.72. The molecule has 0 fully saturated rings. The first kappa shape index (κ1) is 13.0. The summed E-state index contributed by atoms with van der Waals surface area (Å²) >= 11 is 4.79. The summed E-state index contributed by atoms with van der Waals surface area (Å²) in [6.45, 7) is 0. The summed E-state index contributed by atoms with van der Waals surface area (Å²) < 4.78 is 0.182. The molecule has 6 heteroatoms. The Morgan fingerprint density at radius 2 is 1.95 bits per heavy atom. The monoisotopic (exact) mass is 272 g/mol. The van der Waals surface area contributed by atoms with Crippen LogP contribution in [0.5, 0.6) is 0 Å². The summed E-state index contributed by atoms with van der Waals surface area (Å²) in [6.07, 6.45) is 5.11. The van der Waals surface area contributed by atoms with Crippen molar-refractivity contribution < 1.29 is 0 Å². The summed E-state index contributed by atoms with van der Waals surface area (Å²) in [6, 6.07) is 9.75. The van der Waals surface area contributed by atoms with E-state index in [1.807, 2.05) is 36.4 Å². The first-order valence-electron chi connectivity index (χ1n) is 5.54. The van der Waals surface area contributed by atoms with E-state index in [1.165, 1.54) is 6.21 Å². The van der Waals surface area contributed by atoms with Crippen molar-refractivity contribution in [2.45, 2.75) is 0 Å². The largest absolute Gasteiger partial charge is 0.383 e. The third-order valence-electron chi connectivity index (χ3n) is 2.32. The summed E-state index contributed by atoms with van der Waals surface area (Å²) in [5.74, 6) is 0.151. The third kappa shape index (κ3) is 3.49. The normalized spacial score (nSPS) is 11.4. The maximum absolute atomic E-state index is 11.6. The molecule has 0 saturated carbocycles. The molecule has 19 heavy (non-hydrogen) atoms. The van der Waals surface area contributed by atoms with E-state index in [2.05, 4.69) is 15.0 Å². The molecule has 1 aromatic heterocycles. The van der Waals surface area contributed by atoms with Crippen LogP contribution in [0.1, 0.15) is 5.56 Å². The Kier molecular flexibility index (Phi) is 4.04. The summed E-state index contributed by atoms with van der Waals surface area (Å²) in [5.41, 5.74) is 6.39. The van der Waals surface area contributed by atoms with E-state index in [9.17, 15) is 4.79 Å². The molecule has 0 radical (unpaired) electrons. The molecule has 2 aromatic rings. The van der Waals surface area contributed by atoms with E-state index >= 15 is 0 Å². The number of hydrogen-bond donors (Lipinski definition) is 3. The molecule has 0 aliphatic rings. The van der Waals surface area contributed by atoms with Gasteiger partial charge < -0.3 is 10.7 Å². The fourth-order valence-corrected chi connectivity index (χ4v) is 1.66. The fraction of sp³-hybridized carbons (Fsp3) is 0. The highest BCUT2D eigenvalue weighted by molar-refractivity contribution is 7.71. The Hall–Kier alpha value is -2.47. The lowest BCUT2D eigenvalue weighted by molar-refractivity contribution is 1.09. The number of nitrogens with one attached hydrogen (secondary N) is 2. The van der Waals surface area contributed by atoms with Gasteiger partial charge in [-0.15, -0.1) is 0 Å². The van der Waals surface area contributed by atoms with Crippen molar-refractivity contribution in [2.75, 3.05) is 5.73 Å². The zero-order chi connectivity index (χ0) is 13.7. The Morgan fingerprint density at radius 1 is 1.21 bits per heavy atom. The van der Waals surface area contributed by atoms with E-state index in [0.29, 0.717) is 0 Å². The second-order valence-corrected chi connectivity index (χ2v) is 4.13. The number of aromatic amines is 2. The Labute approximate surface area is 114 Å². The molecule has 1 heterocycles. The van der Waals surface area contributed by atoms with Crippen molar-refractivity contribution in [1.82, 2.24) is 9.97 Å². The van der Waals surface area contributed by atoms with Crippen molar-refractivity contribution >= 4 is 36.0 Å². The first-order valence-corrected chi connectivity index (χ1v) is 5.95. The maximum atomic E-state index is 11.6. The maximum Gasteiger partial charge on any atom is 0.279 e. The van der Waals surface area contributed by atoms with E-state index in [4.69, 9.17) is 18.0 Å². The van der Waals surface area contributed by atoms with Crippen LogP contribution in [0, 0.1) is 4.77 Å². The van der Waals surface area contributed by atoms with Crippen molar-refractivity contribution in [3.05, 3.63) is 57.1 Å². The van der Waals surface area contributed by atoms with Gasteiger partial charge in [0.1, 0.15) is 5.82 Å². The Morgan fingerprint density at radius 3 is 2.63 bits per heavy atom. The third-order valence-corrected chi connectivity index (χ3v) is 2.53. The fourth-order valence-electron chi connectivity index (χ4n) is 1.46. The number of anilines is 1. The van der Waals surface area contributed by atoms with Crippen LogP contribution in [0.4, 0.5) is 11.5 Å². The summed E-state index contributed by atoms with van der Waals surface area (Å²) in [7, 11) is 0. The van der Waals surface area contributed by atoms with Gasteiger partial charge in [-0.2, -0.15) is 0 Å². The van der Waals surface area contributed by atoms with Gasteiger partial charge in [0.2, 0.25) is 0 Å². The number of rotatable bonds is 3. The zero-order valence-electron chi connectivity index (χ0n) is 9.96. The number of H-pyrrole nitrogens is 2. The molecule has 0 atom stereocenters. The smallest absolute Gasteiger partial charge is 0.279 e. The number of aliphatic imine (C=N–C) groups is 1. The highest BCUT2D eigenvalue weighted by atomic mass is 32.1. The number of nitrogens with zero attached hydrogens (tertiary/aromatic N) is 1. The van der Waals surface area contributed by atoms with Gasteiger partial charge in [-0.3, -0.25) is 9.78 Å². The Bertz CT molecular complexity index is 728. The molecule has 0 saturated heterocycles. The van der Waals surface area contributed by atoms with Crippen LogP contribution in [-0.2, 0) is 0 Å². The second kappa shape index (κ2) is 5.92. The predicted molar refractivity (Wildman–Crippen MR) is 80.3 cm³/mol. The van der Waals surface area contributed by atoms with Crippen molar-refractivity contribution in [2.24, 2.45) is 4.99 Å². The molecule has 96 valence electrons. The average molecular weight is 272 g/mol. The molecule has 0 aliphatic heterocycles. The lowest BCUT2D eigenvalue weighted by Gasteiger charge is -1.97. The lowest BCUT2D eigenvalue weighted by atomic mass is 10.2. The number of hydrogen-bond acceptors (Lipinski definition) is 4. The van der Waals surface area contributed by atoms with Crippen molar-refractivity contribution in [3.8, 4) is 0 Å². The van der Waals surface area contributed by atoms with Gasteiger partial charge in [-0.05, 0) is 23.9 Å². The number of allylic oxidation sites excluding steroid dienone is 1. The van der Waals surface area contributed by atoms with Gasteiger partial charge in [-0.25, -0.2) is 4.99 Å². The number of benzene rings is 1. The van der Waals surface area contributed by atoms with E-state index in [0.717, 1.165) is 5.56 Å². The van der Waals surface area contributed by atoms with Crippen LogP contribution < -0.4 is 11.3 Å². The SMILES string of the molecule is Nc1[nH]c(=S)[nH]c(=O)c1N=C/C=C/c1ccccc1. The van der Waals surface area contributed by atoms with Crippen molar-refractivity contribution in [1.29, 1.82) is 0 Å². The van der Waals surface area contributed by atoms with Crippen LogP contribution in [0.2, 0.25) is 0 Å². The quantitative estimate of drug-likeness (QED) is 0.592. The minimum absolute atomic E-state index is 0.117. The molecule has 0 amide bonds. The van der Waals surface area contributed by atoms with Gasteiger partial charge in [0.15, 0.2) is 10.5 Å². The molecular weight excluding hydrogens is 260 g/mol. The number of nitrogens with two attached hydrogens (primary N) is 1. The number of aromatic nitrogens is 2. The van der Waals surface area contributed by atoms with Crippen LogP contribution in [0.3, 0.4) is 0 Å². The minimum Gasteiger partial charge on any atom is -0.383 e. The molecule has 1 aromatic carbocycles. The molecule has 4 N–H and O–H groups in total. The Balaban J connectivity index is 2.19. The molecule has 0 bridgehead atoms. The molecule has 5 nitrogen and oxygen atoms in total. The average Bonchev–Trinajstić information content (AvgIpc) is 2.38. The highest BCUT2D eigenvalue weighted by Crippen LogP contribution is 2.11. The van der Waals surface area contributed by atoms with Gasteiger partial charge in [-0.1, -0.05) is 36.4 Å². The standard InChI is InChI=1S/C13H12N4OS/c14-11-10(12(18)17-13(19)16-11)15-8-4-7-9-5-2-1-3-6-9/h1-8H,(H4,14,16,17,18,19)/b7-4+,15-8?. The molecule has 0 aliphatic carbocycles. The topological polar surface area (TPSA) is 87.0 Å². The van der Waals surface area contributed by atoms with Gasteiger partial charge in [0.05, 0.1) is 0 Å². The van der Waals surface area contributed by atoms with Crippen LogP contribution >= 0.6 is 12.2 Å². The number of nitrogen functional groups attached to an aromatic ring is 1. The lowest BCUT2D eigenvalue weighted by Crippen LogP contribution is -2.10. The van der Waals surface area contributed by atoms with Crippen molar-refractivity contribution in [3.63, 3.8) is 0 Å². The highest BCUT2D eigenvalue weighted by Gasteiger charge is 2.01. The zero-order valence-corrected chi connectivity index (χ0v) is 10.8. The first-order chi connectivity index (χ1) is 9.16. The molecular formula is C13H12N4OS. The summed E-state index contributed by atoms with van der Waals surface area (Å²) in [4.78, 5) is 20.6. The molecule has 0 unspecified atom stereocenters. The van der Waals surface area contributed by atoms with E-state index in [-0.39, 0.29) is 16.3 Å². The van der Waals surface area contributed by atoms with Crippen LogP contribution in [0.25, 0.3) is 6.08 Å². The van der Waals surface area contributed by atoms with Crippen LogP contribution in [0.15, 0.2) is 46.2 Å². The van der Waals surface area contributed by atoms with E-state index < -0.39 is 5.56 Å². The van der Waals surface area contributed by atoms with E-state index in [1.54, 1.807) is 6.08 Å². The van der Waals surface area contributed by atoms with Gasteiger partial charge >= 0.3 is 0 Å². The molecule has 2 rings (SSSR count). The minimum atomic E-state index is -0.411. The predicted octanol–water partition coefficient (Wildman–Crippen LogP) is 2.43. The van der Waals surface area contributed by atoms with Crippen LogP contribution in [-0.4, -0.2) is 16.2 Å². The van der Waals surface area contributed by atoms with Gasteiger partial charge in [0, 0.05) is 6.21 Å². The van der Waals surface area contributed by atoms with Gasteiger partial charge in [0.25, 0.3) is 5.56 Å². The summed E-state index contributed by atoms with van der Waals surface area (Å²) in [5, 5.41) is 0. The molecule has 0 spiro atoms.